The van der Waals surface area contributed by atoms with E-state index in [1.165, 1.54) is 0 Å². The molecule has 1 fully saturated rings. The third-order valence-electron chi connectivity index (χ3n) is 2.95. The van der Waals surface area contributed by atoms with Crippen LogP contribution in [0.4, 0.5) is 0 Å². The Balaban J connectivity index is 2.38. The van der Waals surface area contributed by atoms with Gasteiger partial charge in [0, 0.05) is 20.1 Å². The van der Waals surface area contributed by atoms with Crippen molar-refractivity contribution in [3.8, 4) is 6.07 Å². The quantitative estimate of drug-likeness (QED) is 0.687. The van der Waals surface area contributed by atoms with Crippen LogP contribution in [0.3, 0.4) is 0 Å². The first-order chi connectivity index (χ1) is 7.17. The molecule has 0 aromatic rings. The molecule has 4 heteroatoms. The fraction of sp³-hybridized carbons (Fsp3) is 0.818. The van der Waals surface area contributed by atoms with Crippen molar-refractivity contribution in [2.45, 2.75) is 19.8 Å². The highest BCUT2D eigenvalue weighted by atomic mass is 16.2. The molecule has 1 rings (SSSR count). The highest BCUT2D eigenvalue weighted by Gasteiger charge is 2.21. The second-order valence-corrected chi connectivity index (χ2v) is 4.11. The lowest BCUT2D eigenvalue weighted by atomic mass is 10.00. The minimum absolute atomic E-state index is 0.110. The SMILES string of the molecule is CCN(C)C(=O)CN1CCCC(C#N)C1. The van der Waals surface area contributed by atoms with Crippen LogP contribution in [0.15, 0.2) is 0 Å². The van der Waals surface area contributed by atoms with E-state index in [1.54, 1.807) is 4.90 Å². The number of carbonyl (C=O) groups excluding carboxylic acids is 1. The van der Waals surface area contributed by atoms with E-state index in [4.69, 9.17) is 5.26 Å². The van der Waals surface area contributed by atoms with Crippen molar-refractivity contribution >= 4 is 5.91 Å². The first-order valence-corrected chi connectivity index (χ1v) is 5.53. The molecule has 0 saturated carbocycles. The van der Waals surface area contributed by atoms with Gasteiger partial charge in [-0.3, -0.25) is 9.69 Å². The van der Waals surface area contributed by atoms with E-state index in [1.807, 2.05) is 14.0 Å². The third kappa shape index (κ3) is 3.52. The molecule has 0 aliphatic carbocycles. The molecule has 1 amide bonds. The van der Waals surface area contributed by atoms with Gasteiger partial charge in [-0.05, 0) is 26.3 Å². The second-order valence-electron chi connectivity index (χ2n) is 4.11. The van der Waals surface area contributed by atoms with Gasteiger partial charge >= 0.3 is 0 Å². The number of carbonyl (C=O) groups is 1. The summed E-state index contributed by atoms with van der Waals surface area (Å²) < 4.78 is 0. The van der Waals surface area contributed by atoms with Crippen molar-refractivity contribution in [1.82, 2.24) is 9.80 Å². The average molecular weight is 209 g/mol. The van der Waals surface area contributed by atoms with Gasteiger partial charge in [-0.15, -0.1) is 0 Å². The zero-order valence-corrected chi connectivity index (χ0v) is 9.57. The molecule has 15 heavy (non-hydrogen) atoms. The molecular weight excluding hydrogens is 190 g/mol. The van der Waals surface area contributed by atoms with E-state index in [0.29, 0.717) is 6.54 Å². The zero-order chi connectivity index (χ0) is 11.3. The van der Waals surface area contributed by atoms with E-state index in [2.05, 4.69) is 11.0 Å². The molecule has 0 aromatic heterocycles. The van der Waals surface area contributed by atoms with Crippen LogP contribution >= 0.6 is 0 Å². The fourth-order valence-corrected chi connectivity index (χ4v) is 1.79. The van der Waals surface area contributed by atoms with Crippen LogP contribution in [0.5, 0.6) is 0 Å². The number of nitriles is 1. The van der Waals surface area contributed by atoms with Crippen LogP contribution in [-0.2, 0) is 4.79 Å². The topological polar surface area (TPSA) is 47.3 Å². The number of piperidine rings is 1. The minimum atomic E-state index is 0.110. The molecular formula is C11H19N3O. The summed E-state index contributed by atoms with van der Waals surface area (Å²) >= 11 is 0. The smallest absolute Gasteiger partial charge is 0.236 e. The summed E-state index contributed by atoms with van der Waals surface area (Å²) in [5, 5.41) is 8.83. The van der Waals surface area contributed by atoms with Crippen LogP contribution in [0, 0.1) is 17.2 Å². The van der Waals surface area contributed by atoms with Crippen LogP contribution in [0.2, 0.25) is 0 Å². The Kier molecular flexibility index (Phi) is 4.57. The highest BCUT2D eigenvalue weighted by molar-refractivity contribution is 5.77. The van der Waals surface area contributed by atoms with Gasteiger partial charge in [-0.1, -0.05) is 0 Å². The van der Waals surface area contributed by atoms with Gasteiger partial charge in [0.2, 0.25) is 5.91 Å². The summed E-state index contributed by atoms with van der Waals surface area (Å²) in [7, 11) is 1.81. The summed E-state index contributed by atoms with van der Waals surface area (Å²) in [4.78, 5) is 15.4. The summed E-state index contributed by atoms with van der Waals surface area (Å²) in [6, 6.07) is 2.28. The minimum Gasteiger partial charge on any atom is -0.345 e. The summed E-state index contributed by atoms with van der Waals surface area (Å²) in [5.74, 6) is 0.259. The Morgan fingerprint density at radius 3 is 3.00 bits per heavy atom. The van der Waals surface area contributed by atoms with Crippen molar-refractivity contribution < 1.29 is 4.79 Å². The highest BCUT2D eigenvalue weighted by Crippen LogP contribution is 2.15. The van der Waals surface area contributed by atoms with E-state index in [0.717, 1.165) is 32.5 Å². The summed E-state index contributed by atoms with van der Waals surface area (Å²) in [6.07, 6.45) is 2.01. The Morgan fingerprint density at radius 1 is 1.67 bits per heavy atom. The van der Waals surface area contributed by atoms with Gasteiger partial charge in [-0.25, -0.2) is 0 Å². The van der Waals surface area contributed by atoms with Crippen molar-refractivity contribution in [3.05, 3.63) is 0 Å². The Morgan fingerprint density at radius 2 is 2.40 bits per heavy atom. The van der Waals surface area contributed by atoms with Crippen LogP contribution < -0.4 is 0 Å². The first kappa shape index (κ1) is 12.0. The van der Waals surface area contributed by atoms with Gasteiger partial charge in [0.05, 0.1) is 18.5 Å². The monoisotopic (exact) mass is 209 g/mol. The van der Waals surface area contributed by atoms with Crippen LogP contribution in [0.1, 0.15) is 19.8 Å². The van der Waals surface area contributed by atoms with Gasteiger partial charge in [0.25, 0.3) is 0 Å². The molecule has 1 atom stereocenters. The van der Waals surface area contributed by atoms with Gasteiger partial charge in [0.1, 0.15) is 0 Å². The van der Waals surface area contributed by atoms with Crippen molar-refractivity contribution in [2.24, 2.45) is 5.92 Å². The maximum atomic E-state index is 11.6. The molecule has 0 bridgehead atoms. The van der Waals surface area contributed by atoms with Gasteiger partial charge in [0.15, 0.2) is 0 Å². The number of hydrogen-bond donors (Lipinski definition) is 0. The number of amides is 1. The van der Waals surface area contributed by atoms with Gasteiger partial charge in [-0.2, -0.15) is 5.26 Å². The van der Waals surface area contributed by atoms with Crippen LogP contribution in [-0.4, -0.2) is 48.9 Å². The molecule has 0 aromatic carbocycles. The van der Waals surface area contributed by atoms with E-state index in [9.17, 15) is 4.79 Å². The van der Waals surface area contributed by atoms with E-state index in [-0.39, 0.29) is 11.8 Å². The molecule has 1 aliphatic rings. The summed E-state index contributed by atoms with van der Waals surface area (Å²) in [5.41, 5.74) is 0. The number of hydrogen-bond acceptors (Lipinski definition) is 3. The number of nitrogens with zero attached hydrogens (tertiary/aromatic N) is 3. The van der Waals surface area contributed by atoms with E-state index >= 15 is 0 Å². The van der Waals surface area contributed by atoms with Crippen LogP contribution in [0.25, 0.3) is 0 Å². The standard InChI is InChI=1S/C11H19N3O/c1-3-13(2)11(15)9-14-6-4-5-10(7-12)8-14/h10H,3-6,8-9H2,1-2H3. The predicted octanol–water partition coefficient (Wildman–Crippen LogP) is 0.700. The molecule has 84 valence electrons. The van der Waals surface area contributed by atoms with Crippen molar-refractivity contribution in [1.29, 1.82) is 5.26 Å². The summed E-state index contributed by atoms with van der Waals surface area (Å²) in [6.45, 7) is 4.87. The molecule has 1 aliphatic heterocycles. The number of likely N-dealkylation sites (tertiary alicyclic amines) is 1. The number of likely N-dealkylation sites (N-methyl/N-ethyl adjacent to an activating group) is 1. The average Bonchev–Trinajstić information content (AvgIpc) is 2.28. The Bertz CT molecular complexity index is 259. The molecule has 4 nitrogen and oxygen atoms in total. The van der Waals surface area contributed by atoms with E-state index < -0.39 is 0 Å². The Labute approximate surface area is 91.5 Å². The fourth-order valence-electron chi connectivity index (χ4n) is 1.79. The van der Waals surface area contributed by atoms with Crippen molar-refractivity contribution in [2.75, 3.05) is 33.2 Å². The molecule has 0 radical (unpaired) electrons. The predicted molar refractivity (Wildman–Crippen MR) is 58.1 cm³/mol. The maximum absolute atomic E-state index is 11.6. The zero-order valence-electron chi connectivity index (χ0n) is 9.57. The molecule has 0 N–H and O–H groups in total. The molecule has 1 saturated heterocycles. The van der Waals surface area contributed by atoms with Gasteiger partial charge < -0.3 is 4.90 Å². The lowest BCUT2D eigenvalue weighted by molar-refractivity contribution is -0.131. The molecule has 0 spiro atoms. The third-order valence-corrected chi connectivity index (χ3v) is 2.95. The second kappa shape index (κ2) is 5.72. The first-order valence-electron chi connectivity index (χ1n) is 5.53. The number of rotatable bonds is 3. The lowest BCUT2D eigenvalue weighted by Gasteiger charge is -2.30. The molecule has 1 heterocycles. The maximum Gasteiger partial charge on any atom is 0.236 e. The van der Waals surface area contributed by atoms with Crippen molar-refractivity contribution in [3.63, 3.8) is 0 Å². The normalized spacial score (nSPS) is 22.1. The largest absolute Gasteiger partial charge is 0.345 e. The molecule has 1 unspecified atom stereocenters. The Hall–Kier alpha value is -1.08. The lowest BCUT2D eigenvalue weighted by Crippen LogP contribution is -2.42.